The molecular formula is C21H17N3O2S2. The summed E-state index contributed by atoms with van der Waals surface area (Å²) < 4.78 is 7.18. The molecule has 0 fully saturated rings. The first-order chi connectivity index (χ1) is 13.8. The van der Waals surface area contributed by atoms with Gasteiger partial charge in [-0.1, -0.05) is 18.2 Å². The van der Waals surface area contributed by atoms with Crippen molar-refractivity contribution in [2.45, 2.75) is 17.3 Å². The highest BCUT2D eigenvalue weighted by Gasteiger charge is 2.09. The van der Waals surface area contributed by atoms with Gasteiger partial charge in [0.05, 0.1) is 28.7 Å². The zero-order valence-corrected chi connectivity index (χ0v) is 16.5. The van der Waals surface area contributed by atoms with Crippen LogP contribution in [0.3, 0.4) is 0 Å². The van der Waals surface area contributed by atoms with Gasteiger partial charge in [-0.05, 0) is 36.4 Å². The van der Waals surface area contributed by atoms with E-state index in [2.05, 4.69) is 10.1 Å². The standard InChI is InChI=1S/C21H17N3O2S2/c25-21(17-6-8-20(9-7-17)28-14-18-13-27-15-22-18)26-12-16-10-23-24(11-16)19-4-2-1-3-5-19/h1-11,13,15H,12,14H2. The van der Waals surface area contributed by atoms with Crippen LogP contribution in [0.1, 0.15) is 21.6 Å². The summed E-state index contributed by atoms with van der Waals surface area (Å²) in [6.45, 7) is 0.187. The Kier molecular flexibility index (Phi) is 5.84. The maximum absolute atomic E-state index is 12.3. The summed E-state index contributed by atoms with van der Waals surface area (Å²) in [5.74, 6) is 0.474. The van der Waals surface area contributed by atoms with Gasteiger partial charge in [-0.3, -0.25) is 0 Å². The number of para-hydroxylation sites is 1. The van der Waals surface area contributed by atoms with Crippen LogP contribution in [0.15, 0.2) is 82.8 Å². The minimum absolute atomic E-state index is 0.187. The number of nitrogens with zero attached hydrogens (tertiary/aromatic N) is 3. The first-order valence-electron chi connectivity index (χ1n) is 8.64. The Morgan fingerprint density at radius 2 is 1.93 bits per heavy atom. The van der Waals surface area contributed by atoms with Crippen molar-refractivity contribution in [2.24, 2.45) is 0 Å². The van der Waals surface area contributed by atoms with Gasteiger partial charge in [0.15, 0.2) is 0 Å². The van der Waals surface area contributed by atoms with Gasteiger partial charge in [0.25, 0.3) is 0 Å². The molecule has 4 aromatic rings. The minimum atomic E-state index is -0.344. The SMILES string of the molecule is O=C(OCc1cnn(-c2ccccc2)c1)c1ccc(SCc2cscn2)cc1. The lowest BCUT2D eigenvalue weighted by molar-refractivity contribution is 0.0472. The van der Waals surface area contributed by atoms with Crippen LogP contribution in [0.4, 0.5) is 0 Å². The van der Waals surface area contributed by atoms with E-state index in [0.717, 1.165) is 27.6 Å². The van der Waals surface area contributed by atoms with Crippen LogP contribution in [0, 0.1) is 0 Å². The average Bonchev–Trinajstić information content (AvgIpc) is 3.44. The molecule has 0 unspecified atom stereocenters. The van der Waals surface area contributed by atoms with Crippen molar-refractivity contribution in [2.75, 3.05) is 0 Å². The van der Waals surface area contributed by atoms with Gasteiger partial charge in [-0.2, -0.15) is 5.10 Å². The fourth-order valence-corrected chi connectivity index (χ4v) is 4.01. The van der Waals surface area contributed by atoms with E-state index < -0.39 is 0 Å². The molecule has 140 valence electrons. The van der Waals surface area contributed by atoms with E-state index in [9.17, 15) is 4.79 Å². The molecule has 0 amide bonds. The highest BCUT2D eigenvalue weighted by Crippen LogP contribution is 2.23. The molecule has 2 aromatic carbocycles. The Balaban J connectivity index is 1.31. The third-order valence-electron chi connectivity index (χ3n) is 3.99. The van der Waals surface area contributed by atoms with Gasteiger partial charge in [0.2, 0.25) is 0 Å². The summed E-state index contributed by atoms with van der Waals surface area (Å²) >= 11 is 3.28. The van der Waals surface area contributed by atoms with Crippen molar-refractivity contribution in [1.82, 2.24) is 14.8 Å². The number of thioether (sulfide) groups is 1. The van der Waals surface area contributed by atoms with Crippen LogP contribution in [0.25, 0.3) is 5.69 Å². The van der Waals surface area contributed by atoms with Crippen molar-refractivity contribution in [3.8, 4) is 5.69 Å². The molecule has 0 spiro atoms. The Labute approximate surface area is 171 Å². The summed E-state index contributed by atoms with van der Waals surface area (Å²) in [7, 11) is 0. The van der Waals surface area contributed by atoms with E-state index in [1.165, 1.54) is 0 Å². The van der Waals surface area contributed by atoms with Crippen molar-refractivity contribution in [3.05, 3.63) is 94.7 Å². The first-order valence-corrected chi connectivity index (χ1v) is 10.6. The maximum atomic E-state index is 12.3. The van der Waals surface area contributed by atoms with Gasteiger partial charge in [-0.25, -0.2) is 14.5 Å². The van der Waals surface area contributed by atoms with E-state index in [1.54, 1.807) is 46.1 Å². The molecule has 28 heavy (non-hydrogen) atoms. The Morgan fingerprint density at radius 3 is 2.68 bits per heavy atom. The Morgan fingerprint density at radius 1 is 1.11 bits per heavy atom. The van der Waals surface area contributed by atoms with E-state index in [0.29, 0.717) is 5.56 Å². The zero-order chi connectivity index (χ0) is 19.2. The zero-order valence-electron chi connectivity index (χ0n) is 14.9. The topological polar surface area (TPSA) is 57.0 Å². The molecule has 0 aliphatic carbocycles. The van der Waals surface area contributed by atoms with Gasteiger partial charge in [0.1, 0.15) is 6.61 Å². The molecule has 0 aliphatic heterocycles. The summed E-state index contributed by atoms with van der Waals surface area (Å²) in [5.41, 5.74) is 5.24. The van der Waals surface area contributed by atoms with Gasteiger partial charge in [-0.15, -0.1) is 23.1 Å². The molecule has 2 aromatic heterocycles. The van der Waals surface area contributed by atoms with E-state index in [1.807, 2.05) is 59.6 Å². The highest BCUT2D eigenvalue weighted by molar-refractivity contribution is 7.98. The van der Waals surface area contributed by atoms with Crippen LogP contribution in [0.5, 0.6) is 0 Å². The number of carbonyl (C=O) groups is 1. The number of ether oxygens (including phenoxy) is 1. The second kappa shape index (κ2) is 8.86. The van der Waals surface area contributed by atoms with Crippen LogP contribution >= 0.6 is 23.1 Å². The predicted octanol–water partition coefficient (Wildman–Crippen LogP) is 4.98. The molecule has 0 atom stereocenters. The molecule has 0 N–H and O–H groups in total. The molecule has 0 bridgehead atoms. The van der Waals surface area contributed by atoms with Crippen LogP contribution in [-0.2, 0) is 17.1 Å². The van der Waals surface area contributed by atoms with Gasteiger partial charge >= 0.3 is 5.97 Å². The number of rotatable bonds is 7. The third-order valence-corrected chi connectivity index (χ3v) is 5.67. The number of hydrogen-bond donors (Lipinski definition) is 0. The summed E-state index contributed by atoms with van der Waals surface area (Å²) in [6.07, 6.45) is 3.57. The number of esters is 1. The predicted molar refractivity (Wildman–Crippen MR) is 111 cm³/mol. The number of thiazole rings is 1. The largest absolute Gasteiger partial charge is 0.457 e. The fraction of sp³-hybridized carbons (Fsp3) is 0.0952. The number of aromatic nitrogens is 3. The van der Waals surface area contributed by atoms with Crippen molar-refractivity contribution < 1.29 is 9.53 Å². The third kappa shape index (κ3) is 4.68. The number of benzene rings is 2. The quantitative estimate of drug-likeness (QED) is 0.319. The van der Waals surface area contributed by atoms with E-state index in [-0.39, 0.29) is 12.6 Å². The summed E-state index contributed by atoms with van der Waals surface area (Å²) in [5, 5.41) is 6.35. The second-order valence-corrected chi connectivity index (χ2v) is 7.77. The molecule has 0 radical (unpaired) electrons. The summed E-state index contributed by atoms with van der Waals surface area (Å²) in [4.78, 5) is 17.6. The number of hydrogen-bond acceptors (Lipinski definition) is 6. The van der Waals surface area contributed by atoms with Gasteiger partial charge in [0, 0.05) is 27.8 Å². The van der Waals surface area contributed by atoms with Crippen molar-refractivity contribution >= 4 is 29.1 Å². The molecule has 0 aliphatic rings. The maximum Gasteiger partial charge on any atom is 0.338 e. The molecule has 4 rings (SSSR count). The van der Waals surface area contributed by atoms with E-state index in [4.69, 9.17) is 4.74 Å². The average molecular weight is 408 g/mol. The monoisotopic (exact) mass is 407 g/mol. The highest BCUT2D eigenvalue weighted by atomic mass is 32.2. The molecule has 2 heterocycles. The molecular weight excluding hydrogens is 390 g/mol. The normalized spacial score (nSPS) is 10.7. The van der Waals surface area contributed by atoms with Crippen LogP contribution in [0.2, 0.25) is 0 Å². The molecule has 7 heteroatoms. The smallest absolute Gasteiger partial charge is 0.338 e. The van der Waals surface area contributed by atoms with Crippen LogP contribution in [-0.4, -0.2) is 20.7 Å². The van der Waals surface area contributed by atoms with E-state index >= 15 is 0 Å². The molecule has 5 nitrogen and oxygen atoms in total. The minimum Gasteiger partial charge on any atom is -0.457 e. The Hall–Kier alpha value is -2.90. The lowest BCUT2D eigenvalue weighted by atomic mass is 10.2. The summed E-state index contributed by atoms with van der Waals surface area (Å²) in [6, 6.07) is 17.2. The fourth-order valence-electron chi connectivity index (χ4n) is 2.54. The van der Waals surface area contributed by atoms with Crippen molar-refractivity contribution in [1.29, 1.82) is 0 Å². The first kappa shape index (κ1) is 18.5. The lowest BCUT2D eigenvalue weighted by Gasteiger charge is -2.05. The molecule has 0 saturated heterocycles. The second-order valence-electron chi connectivity index (χ2n) is 6.00. The van der Waals surface area contributed by atoms with Crippen LogP contribution < -0.4 is 0 Å². The lowest BCUT2D eigenvalue weighted by Crippen LogP contribution is -2.04. The number of carbonyl (C=O) groups excluding carboxylic acids is 1. The van der Waals surface area contributed by atoms with Gasteiger partial charge < -0.3 is 4.74 Å². The molecule has 0 saturated carbocycles. The van der Waals surface area contributed by atoms with Crippen molar-refractivity contribution in [3.63, 3.8) is 0 Å². The Bertz CT molecular complexity index is 1030.